The molecule has 0 radical (unpaired) electrons. The molecule has 0 aromatic rings. The molecule has 0 saturated carbocycles. The number of carbonyl (C=O) groups is 11. The largest absolute Gasteiger partial charge is 0.478 e. The number of cyclic esters (lactones) is 4. The van der Waals surface area contributed by atoms with Crippen LogP contribution in [-0.2, 0) is 95.4 Å². The van der Waals surface area contributed by atoms with Gasteiger partial charge in [0.1, 0.15) is 39.1 Å². The summed E-state index contributed by atoms with van der Waals surface area (Å²) in [7, 11) is 0. The number of ether oxygens (including phenoxy) is 9. The van der Waals surface area contributed by atoms with Crippen molar-refractivity contribution < 1.29 is 111 Å². The van der Waals surface area contributed by atoms with Crippen molar-refractivity contribution in [2.24, 2.45) is 0 Å². The van der Waals surface area contributed by atoms with Crippen LogP contribution < -0.4 is 0 Å². The molecule has 0 bridgehead atoms. The molecule has 63 heavy (non-hydrogen) atoms. The maximum absolute atomic E-state index is 11.5. The van der Waals surface area contributed by atoms with E-state index >= 15 is 0 Å². The van der Waals surface area contributed by atoms with Crippen molar-refractivity contribution in [2.45, 2.75) is 85.7 Å². The molecule has 2 saturated heterocycles. The van der Waals surface area contributed by atoms with Gasteiger partial charge in [0.05, 0.1) is 19.4 Å². The second kappa shape index (κ2) is 32.7. The number of aliphatic hydroxyl groups excluding tert-OH is 2. The highest BCUT2D eigenvalue weighted by molar-refractivity contribution is 6.05. The summed E-state index contributed by atoms with van der Waals surface area (Å²) in [5.74, 6) is -7.46. The number of rotatable bonds is 17. The minimum Gasteiger partial charge on any atom is -0.478 e. The van der Waals surface area contributed by atoms with Crippen molar-refractivity contribution >= 4 is 65.7 Å². The minimum atomic E-state index is -1.33. The monoisotopic (exact) mass is 902 g/mol. The van der Waals surface area contributed by atoms with E-state index in [0.29, 0.717) is 5.57 Å². The lowest BCUT2D eigenvalue weighted by Gasteiger charge is -2.22. The van der Waals surface area contributed by atoms with Gasteiger partial charge in [-0.25, -0.2) is 43.2 Å². The van der Waals surface area contributed by atoms with E-state index in [0.717, 1.165) is 0 Å². The van der Waals surface area contributed by atoms with E-state index in [1.54, 1.807) is 6.92 Å². The average molecular weight is 903 g/mol. The molecule has 4 unspecified atom stereocenters. The van der Waals surface area contributed by atoms with E-state index in [2.05, 4.69) is 66.1 Å². The molecule has 0 aliphatic carbocycles. The van der Waals surface area contributed by atoms with Crippen LogP contribution in [0.15, 0.2) is 60.8 Å². The van der Waals surface area contributed by atoms with Gasteiger partial charge in [0.2, 0.25) is 0 Å². The molecule has 23 heteroatoms. The van der Waals surface area contributed by atoms with Crippen molar-refractivity contribution in [3.8, 4) is 0 Å². The van der Waals surface area contributed by atoms with E-state index in [4.69, 9.17) is 24.8 Å². The van der Waals surface area contributed by atoms with Gasteiger partial charge in [-0.2, -0.15) is 0 Å². The van der Waals surface area contributed by atoms with Crippen molar-refractivity contribution in [2.75, 3.05) is 39.6 Å². The van der Waals surface area contributed by atoms with Crippen molar-refractivity contribution in [1.29, 1.82) is 0 Å². The lowest BCUT2D eigenvalue weighted by molar-refractivity contribution is -0.191. The molecular formula is C40H54O23. The van der Waals surface area contributed by atoms with Crippen LogP contribution in [0.4, 0.5) is 0 Å². The van der Waals surface area contributed by atoms with Gasteiger partial charge in [-0.15, -0.1) is 0 Å². The molecule has 0 spiro atoms. The molecule has 3 N–H and O–H groups in total. The second-order valence-corrected chi connectivity index (χ2v) is 12.4. The van der Waals surface area contributed by atoms with Crippen LogP contribution in [0.1, 0.15) is 61.3 Å². The Labute approximate surface area is 362 Å². The predicted molar refractivity (Wildman–Crippen MR) is 211 cm³/mol. The van der Waals surface area contributed by atoms with Gasteiger partial charge in [0.25, 0.3) is 0 Å². The van der Waals surface area contributed by atoms with Gasteiger partial charge in [-0.05, 0) is 48.5 Å². The SMILES string of the molecule is C=C(C)C(=O)OCCO.C=C(C)C(=O)OCCOC(=O)C(C)O.C=C(C)C(=O)OCCOC(=O)C(C)OC(=O)CC(=C)C(=O)O.C=C1CC(=O)OC1=O.CC1OC(=O)C(C)OC1=O. The molecule has 2 aliphatic heterocycles. The highest BCUT2D eigenvalue weighted by atomic mass is 16.6. The standard InChI is InChI=1S/C14H18O8.C9H14O5.C6H8O4.C6H10O3.C5H4O3/c1-8(2)13(18)20-5-6-21-14(19)10(4)22-11(15)7-9(3)12(16)17;1-6(2)8(11)13-4-5-14-9(12)7(3)10;1-3-5(7)10-4(2)6(8)9-3;1-5(2)6(8)9-4-3-7;1-3-2-4(6)8-5(3)7/h10H,1,3,5-7H2,2,4H3,(H,16,17);7,10H,1,4-5H2,2-3H3;3-4H,1-2H3;7H,1,3-4H2,2H3;1-2H2. The van der Waals surface area contributed by atoms with E-state index in [1.807, 2.05) is 0 Å². The van der Waals surface area contributed by atoms with Gasteiger partial charge >= 0.3 is 65.7 Å². The van der Waals surface area contributed by atoms with Crippen molar-refractivity contribution in [3.63, 3.8) is 0 Å². The number of hydrogen-bond donors (Lipinski definition) is 3. The lowest BCUT2D eigenvalue weighted by Crippen LogP contribution is -2.40. The summed E-state index contributed by atoms with van der Waals surface area (Å²) in [6, 6.07) is 0. The molecule has 23 nitrogen and oxygen atoms in total. The molecule has 352 valence electrons. The van der Waals surface area contributed by atoms with Crippen LogP contribution in [0, 0.1) is 0 Å². The summed E-state index contributed by atoms with van der Waals surface area (Å²) in [5.41, 5.74) is 0.745. The number of aliphatic carboxylic acids is 1. The topological polar surface area (TPSA) is 332 Å². The third kappa shape index (κ3) is 30.6. The van der Waals surface area contributed by atoms with E-state index < -0.39 is 96.5 Å². The molecule has 2 rings (SSSR count). The zero-order valence-corrected chi connectivity index (χ0v) is 36.0. The summed E-state index contributed by atoms with van der Waals surface area (Å²) in [6.45, 7) is 26.1. The van der Waals surface area contributed by atoms with Gasteiger partial charge in [-0.3, -0.25) is 9.59 Å². The Hall–Kier alpha value is -7.01. The second-order valence-electron chi connectivity index (χ2n) is 12.4. The highest BCUT2D eigenvalue weighted by Crippen LogP contribution is 2.11. The molecular weight excluding hydrogens is 848 g/mol. The van der Waals surface area contributed by atoms with E-state index in [9.17, 15) is 52.7 Å². The Morgan fingerprint density at radius 3 is 1.37 bits per heavy atom. The molecule has 0 aromatic heterocycles. The lowest BCUT2D eigenvalue weighted by atomic mass is 10.2. The summed E-state index contributed by atoms with van der Waals surface area (Å²) in [5, 5.41) is 25.5. The first kappa shape index (κ1) is 60.3. The Balaban J connectivity index is -0.000000756. The Bertz CT molecular complexity index is 1700. The molecule has 4 atom stereocenters. The van der Waals surface area contributed by atoms with E-state index in [1.165, 1.54) is 41.5 Å². The first-order valence-corrected chi connectivity index (χ1v) is 18.1. The first-order valence-electron chi connectivity index (χ1n) is 18.1. The summed E-state index contributed by atoms with van der Waals surface area (Å²) >= 11 is 0. The molecule has 2 heterocycles. The third-order valence-electron chi connectivity index (χ3n) is 6.24. The Morgan fingerprint density at radius 1 is 0.683 bits per heavy atom. The van der Waals surface area contributed by atoms with Crippen LogP contribution in [0.3, 0.4) is 0 Å². The van der Waals surface area contributed by atoms with Crippen LogP contribution >= 0.6 is 0 Å². The van der Waals surface area contributed by atoms with Gasteiger partial charge < -0.3 is 58.0 Å². The van der Waals surface area contributed by atoms with Crippen LogP contribution in [-0.4, -0.2) is 145 Å². The summed E-state index contributed by atoms with van der Waals surface area (Å²) in [6.07, 6.45) is -4.35. The highest BCUT2D eigenvalue weighted by Gasteiger charge is 2.32. The number of aliphatic hydroxyl groups is 2. The van der Waals surface area contributed by atoms with Gasteiger partial charge in [0, 0.05) is 27.9 Å². The molecule has 2 aliphatic rings. The Morgan fingerprint density at radius 2 is 1.06 bits per heavy atom. The van der Waals surface area contributed by atoms with Crippen LogP contribution in [0.25, 0.3) is 0 Å². The third-order valence-corrected chi connectivity index (χ3v) is 6.24. The van der Waals surface area contributed by atoms with Crippen LogP contribution in [0.2, 0.25) is 0 Å². The quantitative estimate of drug-likeness (QED) is 0.0592. The number of carboxylic acid groups (broad SMARTS) is 1. The molecule has 2 fully saturated rings. The molecule has 0 amide bonds. The number of esters is 10. The fourth-order valence-corrected chi connectivity index (χ4v) is 2.93. The fourth-order valence-electron chi connectivity index (χ4n) is 2.93. The smallest absolute Gasteiger partial charge is 0.347 e. The first-order chi connectivity index (χ1) is 29.1. The number of carbonyl (C=O) groups excluding carboxylic acids is 10. The summed E-state index contributed by atoms with van der Waals surface area (Å²) < 4.78 is 41.0. The minimum absolute atomic E-state index is 0.0375. The zero-order valence-electron chi connectivity index (χ0n) is 36.0. The van der Waals surface area contributed by atoms with E-state index in [-0.39, 0.29) is 68.4 Å². The zero-order chi connectivity index (χ0) is 49.6. The predicted octanol–water partition coefficient (Wildman–Crippen LogP) is 0.619. The normalized spacial score (nSPS) is 15.3. The van der Waals surface area contributed by atoms with Crippen LogP contribution in [0.5, 0.6) is 0 Å². The van der Waals surface area contributed by atoms with Gasteiger partial charge in [-0.1, -0.05) is 32.9 Å². The van der Waals surface area contributed by atoms with Crippen molar-refractivity contribution in [3.05, 3.63) is 60.8 Å². The summed E-state index contributed by atoms with van der Waals surface area (Å²) in [4.78, 5) is 118. The fraction of sp³-hybridized carbons (Fsp3) is 0.475. The maximum atomic E-state index is 11.5. The van der Waals surface area contributed by atoms with Crippen molar-refractivity contribution in [1.82, 2.24) is 0 Å². The Kier molecular flexibility index (Phi) is 31.3. The molecule has 0 aromatic carbocycles. The number of hydrogen-bond acceptors (Lipinski definition) is 22. The maximum Gasteiger partial charge on any atom is 0.347 e. The average Bonchev–Trinajstić information content (AvgIpc) is 3.49. The van der Waals surface area contributed by atoms with Gasteiger partial charge in [0.15, 0.2) is 18.3 Å². The number of carboxylic acids is 1.